The summed E-state index contributed by atoms with van der Waals surface area (Å²) in [7, 11) is 0. The molecule has 1 aromatic carbocycles. The molecule has 1 atom stereocenters. The number of nitrogens with one attached hydrogen (secondary N) is 1. The molecule has 1 unspecified atom stereocenters. The van der Waals surface area contributed by atoms with E-state index in [2.05, 4.69) is 20.2 Å². The fraction of sp³-hybridized carbons (Fsp3) is 0.500. The van der Waals surface area contributed by atoms with Crippen LogP contribution >= 0.6 is 34.5 Å². The molecule has 0 aliphatic carbocycles. The fourth-order valence-corrected chi connectivity index (χ4v) is 5.15. The summed E-state index contributed by atoms with van der Waals surface area (Å²) in [6, 6.07) is 5.41. The number of halogens is 2. The molecule has 30 heavy (non-hydrogen) atoms. The summed E-state index contributed by atoms with van der Waals surface area (Å²) in [6.45, 7) is 4.86. The average Bonchev–Trinajstić information content (AvgIpc) is 3.07. The first kappa shape index (κ1) is 21.6. The summed E-state index contributed by atoms with van der Waals surface area (Å²) >= 11 is 13.5. The van der Waals surface area contributed by atoms with Crippen LogP contribution in [-0.4, -0.2) is 41.5 Å². The standard InChI is InChI=1S/C20H26Cl2N6OS/c1-12-25-18-17(30-19(23)26-18)20(24,27-12)7-2-8-28-9-5-13(6-10-28)29-14-3-4-15(21)16(22)11-14/h3-4,11,13H,2,5-10,24H2,1H3,(H2,23,26)(H,25,27). The van der Waals surface area contributed by atoms with Gasteiger partial charge < -0.3 is 26.4 Å². The van der Waals surface area contributed by atoms with E-state index in [-0.39, 0.29) is 6.10 Å². The molecule has 2 aliphatic rings. The van der Waals surface area contributed by atoms with Crippen LogP contribution in [0.4, 0.5) is 10.9 Å². The number of nitrogens with zero attached hydrogens (tertiary/aromatic N) is 3. The normalized spacial score (nSPS) is 22.3. The lowest BCUT2D eigenvalue weighted by atomic mass is 10.0. The average molecular weight is 469 g/mol. The molecule has 0 amide bonds. The topological polar surface area (TPSA) is 102 Å². The number of fused-ring (bicyclic) bond motifs is 1. The molecule has 3 heterocycles. The first-order valence-corrected chi connectivity index (χ1v) is 11.6. The third kappa shape index (κ3) is 4.84. The van der Waals surface area contributed by atoms with Crippen molar-refractivity contribution < 1.29 is 4.74 Å². The van der Waals surface area contributed by atoms with E-state index in [1.54, 1.807) is 12.1 Å². The molecule has 5 N–H and O–H groups in total. The van der Waals surface area contributed by atoms with Crippen LogP contribution in [0.3, 0.4) is 0 Å². The number of thiazole rings is 1. The highest BCUT2D eigenvalue weighted by Gasteiger charge is 2.36. The summed E-state index contributed by atoms with van der Waals surface area (Å²) in [5.74, 6) is 2.29. The maximum atomic E-state index is 6.65. The van der Waals surface area contributed by atoms with Crippen molar-refractivity contribution in [3.63, 3.8) is 0 Å². The first-order chi connectivity index (χ1) is 14.3. The van der Waals surface area contributed by atoms with Crippen LogP contribution in [0.1, 0.15) is 37.5 Å². The highest BCUT2D eigenvalue weighted by Crippen LogP contribution is 2.40. The Morgan fingerprint density at radius 3 is 2.80 bits per heavy atom. The maximum absolute atomic E-state index is 6.65. The number of nitrogen functional groups attached to an aromatic ring is 1. The van der Waals surface area contributed by atoms with Gasteiger partial charge in [0.25, 0.3) is 0 Å². The van der Waals surface area contributed by atoms with Crippen molar-refractivity contribution >= 4 is 51.3 Å². The predicted molar refractivity (Wildman–Crippen MR) is 125 cm³/mol. The summed E-state index contributed by atoms with van der Waals surface area (Å²) in [6.07, 6.45) is 3.84. The van der Waals surface area contributed by atoms with Crippen molar-refractivity contribution in [3.05, 3.63) is 33.1 Å². The van der Waals surface area contributed by atoms with Gasteiger partial charge in [-0.15, -0.1) is 0 Å². The van der Waals surface area contributed by atoms with Crippen molar-refractivity contribution in [1.82, 2.24) is 9.88 Å². The molecular formula is C20H26Cl2N6OS. The molecule has 1 aromatic heterocycles. The number of likely N-dealkylation sites (tertiary alicyclic amines) is 1. The van der Waals surface area contributed by atoms with E-state index in [4.69, 9.17) is 39.4 Å². The number of rotatable bonds is 6. The molecule has 0 bridgehead atoms. The Morgan fingerprint density at radius 2 is 2.07 bits per heavy atom. The quantitative estimate of drug-likeness (QED) is 0.583. The number of nitrogens with two attached hydrogens (primary N) is 2. The van der Waals surface area contributed by atoms with E-state index in [1.165, 1.54) is 11.3 Å². The van der Waals surface area contributed by atoms with Gasteiger partial charge in [-0.1, -0.05) is 34.5 Å². The molecular weight excluding hydrogens is 443 g/mol. The minimum atomic E-state index is -0.755. The summed E-state index contributed by atoms with van der Waals surface area (Å²) in [4.78, 5) is 12.4. The number of aliphatic imine (C=N–C) groups is 1. The van der Waals surface area contributed by atoms with E-state index in [1.807, 2.05) is 13.0 Å². The van der Waals surface area contributed by atoms with Crippen molar-refractivity contribution in [1.29, 1.82) is 0 Å². The van der Waals surface area contributed by atoms with Crippen molar-refractivity contribution in [2.75, 3.05) is 30.7 Å². The molecule has 0 saturated carbocycles. The second-order valence-electron chi connectivity index (χ2n) is 7.81. The molecule has 2 aliphatic heterocycles. The zero-order valence-electron chi connectivity index (χ0n) is 16.8. The lowest BCUT2D eigenvalue weighted by molar-refractivity contribution is 0.0984. The Balaban J connectivity index is 1.26. The van der Waals surface area contributed by atoms with Gasteiger partial charge in [0, 0.05) is 19.2 Å². The van der Waals surface area contributed by atoms with Gasteiger partial charge in [0.2, 0.25) is 0 Å². The predicted octanol–water partition coefficient (Wildman–Crippen LogP) is 4.31. The lowest BCUT2D eigenvalue weighted by Crippen LogP contribution is -2.41. The highest BCUT2D eigenvalue weighted by atomic mass is 35.5. The van der Waals surface area contributed by atoms with Gasteiger partial charge in [-0.05, 0) is 51.3 Å². The minimum absolute atomic E-state index is 0.193. The Kier molecular flexibility index (Phi) is 6.41. The second-order valence-corrected chi connectivity index (χ2v) is 9.66. The molecule has 4 rings (SSSR count). The Morgan fingerprint density at radius 1 is 1.30 bits per heavy atom. The van der Waals surface area contributed by atoms with E-state index >= 15 is 0 Å². The molecule has 0 spiro atoms. The Labute approximate surface area is 190 Å². The van der Waals surface area contributed by atoms with Crippen molar-refractivity contribution in [2.45, 2.75) is 44.4 Å². The Bertz CT molecular complexity index is 943. The monoisotopic (exact) mass is 468 g/mol. The number of anilines is 2. The minimum Gasteiger partial charge on any atom is -0.490 e. The van der Waals surface area contributed by atoms with Crippen LogP contribution in [0.5, 0.6) is 5.75 Å². The van der Waals surface area contributed by atoms with Gasteiger partial charge in [-0.3, -0.25) is 0 Å². The van der Waals surface area contributed by atoms with Crippen LogP contribution in [0, 0.1) is 0 Å². The van der Waals surface area contributed by atoms with E-state index in [0.717, 1.165) is 67.6 Å². The first-order valence-electron chi connectivity index (χ1n) is 10.1. The van der Waals surface area contributed by atoms with Crippen molar-refractivity contribution in [3.8, 4) is 5.75 Å². The number of piperidine rings is 1. The van der Waals surface area contributed by atoms with Gasteiger partial charge in [0.1, 0.15) is 23.4 Å². The van der Waals surface area contributed by atoms with E-state index < -0.39 is 5.66 Å². The zero-order chi connectivity index (χ0) is 21.3. The molecule has 1 fully saturated rings. The van der Waals surface area contributed by atoms with Gasteiger partial charge in [-0.25, -0.2) is 9.98 Å². The van der Waals surface area contributed by atoms with Gasteiger partial charge in [0.05, 0.1) is 14.9 Å². The van der Waals surface area contributed by atoms with E-state index in [9.17, 15) is 0 Å². The van der Waals surface area contributed by atoms with Gasteiger partial charge in [0.15, 0.2) is 10.9 Å². The van der Waals surface area contributed by atoms with Crippen molar-refractivity contribution in [2.24, 2.45) is 10.7 Å². The largest absolute Gasteiger partial charge is 0.490 e. The van der Waals surface area contributed by atoms with Crippen LogP contribution < -0.4 is 21.5 Å². The number of ether oxygens (including phenoxy) is 1. The molecule has 162 valence electrons. The summed E-state index contributed by atoms with van der Waals surface area (Å²) in [5, 5.41) is 4.72. The lowest BCUT2D eigenvalue weighted by Gasteiger charge is -2.34. The third-order valence-electron chi connectivity index (χ3n) is 5.46. The number of aromatic nitrogens is 1. The maximum Gasteiger partial charge on any atom is 0.182 e. The van der Waals surface area contributed by atoms with Gasteiger partial charge in [-0.2, -0.15) is 0 Å². The molecule has 0 radical (unpaired) electrons. The fourth-order valence-electron chi connectivity index (χ4n) is 4.00. The SMILES string of the molecule is CC1=NC(N)(CCCN2CCC(Oc3ccc(Cl)c(Cl)c3)CC2)c2sc(N)nc2N1. The zero-order valence-corrected chi connectivity index (χ0v) is 19.2. The summed E-state index contributed by atoms with van der Waals surface area (Å²) < 4.78 is 6.08. The number of benzene rings is 1. The Hall–Kier alpha value is -1.58. The number of hydrogen-bond donors (Lipinski definition) is 3. The van der Waals surface area contributed by atoms with Crippen LogP contribution in [-0.2, 0) is 5.66 Å². The van der Waals surface area contributed by atoms with Crippen LogP contribution in [0.2, 0.25) is 10.0 Å². The molecule has 2 aromatic rings. The molecule has 1 saturated heterocycles. The van der Waals surface area contributed by atoms with Crippen LogP contribution in [0.15, 0.2) is 23.2 Å². The smallest absolute Gasteiger partial charge is 0.182 e. The highest BCUT2D eigenvalue weighted by molar-refractivity contribution is 7.16. The second kappa shape index (κ2) is 8.88. The molecule has 10 heteroatoms. The van der Waals surface area contributed by atoms with E-state index in [0.29, 0.717) is 15.2 Å². The van der Waals surface area contributed by atoms with Gasteiger partial charge >= 0.3 is 0 Å². The van der Waals surface area contributed by atoms with Crippen LogP contribution in [0.25, 0.3) is 0 Å². The number of amidine groups is 1. The summed E-state index contributed by atoms with van der Waals surface area (Å²) in [5.41, 5.74) is 11.8. The molecule has 7 nitrogen and oxygen atoms in total. The third-order valence-corrected chi connectivity index (χ3v) is 7.25. The number of hydrogen-bond acceptors (Lipinski definition) is 8.